The Balaban J connectivity index is 1.47. The number of benzene rings is 1. The molecule has 0 radical (unpaired) electrons. The zero-order valence-electron chi connectivity index (χ0n) is 18.5. The standard InChI is InChI=1S/C25H30N4O3/c1-32-22-14-20(16-26-17-22)24(15-25(30)31)29-21(10-12-28-29)7-4-5-18-8-9-19-6-2-3-11-27-23(19)13-18/h8-10,12-14,16-17,24,27H,2-7,11,15H2,1H3,(H,30,31). The summed E-state index contributed by atoms with van der Waals surface area (Å²) in [6.07, 6.45) is 11.3. The van der Waals surface area contributed by atoms with E-state index in [1.807, 2.05) is 16.8 Å². The first-order chi connectivity index (χ1) is 15.6. The zero-order chi connectivity index (χ0) is 22.3. The van der Waals surface area contributed by atoms with Gasteiger partial charge in [0, 0.05) is 30.3 Å². The fourth-order valence-corrected chi connectivity index (χ4v) is 4.36. The number of aromatic nitrogens is 3. The molecule has 3 aromatic rings. The number of rotatable bonds is 9. The SMILES string of the molecule is COc1cncc(C(CC(=O)O)n2nccc2CCCc2ccc3c(c2)NCCCC3)c1. The molecule has 0 amide bonds. The van der Waals surface area contributed by atoms with Crippen molar-refractivity contribution in [3.63, 3.8) is 0 Å². The van der Waals surface area contributed by atoms with Crippen LogP contribution in [0, 0.1) is 0 Å². The Morgan fingerprint density at radius 2 is 2.12 bits per heavy atom. The molecule has 0 saturated heterocycles. The van der Waals surface area contributed by atoms with E-state index in [9.17, 15) is 9.90 Å². The first kappa shape index (κ1) is 21.9. The third-order valence-corrected chi connectivity index (χ3v) is 6.03. The van der Waals surface area contributed by atoms with E-state index in [-0.39, 0.29) is 6.42 Å². The Kier molecular flexibility index (Phi) is 7.04. The number of carboxylic acids is 1. The molecule has 1 aromatic carbocycles. The second-order valence-electron chi connectivity index (χ2n) is 8.27. The van der Waals surface area contributed by atoms with Crippen molar-refractivity contribution in [1.29, 1.82) is 0 Å². The smallest absolute Gasteiger partial charge is 0.305 e. The molecule has 1 aliphatic heterocycles. The fraction of sp³-hybridized carbons (Fsp3) is 0.400. The molecule has 168 valence electrons. The van der Waals surface area contributed by atoms with Gasteiger partial charge < -0.3 is 15.2 Å². The second-order valence-corrected chi connectivity index (χ2v) is 8.27. The van der Waals surface area contributed by atoms with E-state index in [0.29, 0.717) is 5.75 Å². The fourth-order valence-electron chi connectivity index (χ4n) is 4.36. The summed E-state index contributed by atoms with van der Waals surface area (Å²) in [4.78, 5) is 15.8. The van der Waals surface area contributed by atoms with Crippen LogP contribution >= 0.6 is 0 Å². The number of anilines is 1. The van der Waals surface area contributed by atoms with E-state index in [1.54, 1.807) is 25.7 Å². The first-order valence-corrected chi connectivity index (χ1v) is 11.2. The Morgan fingerprint density at radius 3 is 2.97 bits per heavy atom. The van der Waals surface area contributed by atoms with Crippen molar-refractivity contribution in [2.24, 2.45) is 0 Å². The van der Waals surface area contributed by atoms with Gasteiger partial charge in [-0.25, -0.2) is 0 Å². The quantitative estimate of drug-likeness (QED) is 0.523. The topological polar surface area (TPSA) is 89.3 Å². The van der Waals surface area contributed by atoms with Crippen LogP contribution in [0.3, 0.4) is 0 Å². The number of carboxylic acid groups (broad SMARTS) is 1. The molecule has 0 spiro atoms. The van der Waals surface area contributed by atoms with Gasteiger partial charge in [-0.15, -0.1) is 0 Å². The Hall–Kier alpha value is -3.35. The van der Waals surface area contributed by atoms with E-state index in [0.717, 1.165) is 43.5 Å². The predicted octanol–water partition coefficient (Wildman–Crippen LogP) is 4.27. The average molecular weight is 435 g/mol. The number of aliphatic carboxylic acids is 1. The van der Waals surface area contributed by atoms with Gasteiger partial charge in [0.1, 0.15) is 5.75 Å². The van der Waals surface area contributed by atoms with Crippen molar-refractivity contribution in [3.05, 3.63) is 71.3 Å². The van der Waals surface area contributed by atoms with Gasteiger partial charge in [-0.2, -0.15) is 5.10 Å². The second kappa shape index (κ2) is 10.3. The minimum Gasteiger partial charge on any atom is -0.495 e. The maximum absolute atomic E-state index is 11.6. The molecule has 3 heterocycles. The van der Waals surface area contributed by atoms with Gasteiger partial charge in [0.05, 0.1) is 25.8 Å². The van der Waals surface area contributed by atoms with E-state index < -0.39 is 12.0 Å². The Labute approximate surface area is 188 Å². The van der Waals surface area contributed by atoms with Crippen LogP contribution in [0.15, 0.2) is 48.9 Å². The van der Waals surface area contributed by atoms with Crippen molar-refractivity contribution < 1.29 is 14.6 Å². The molecule has 0 bridgehead atoms. The van der Waals surface area contributed by atoms with Crippen molar-refractivity contribution >= 4 is 11.7 Å². The van der Waals surface area contributed by atoms with Gasteiger partial charge >= 0.3 is 5.97 Å². The maximum Gasteiger partial charge on any atom is 0.305 e. The summed E-state index contributed by atoms with van der Waals surface area (Å²) >= 11 is 0. The van der Waals surface area contributed by atoms with Gasteiger partial charge in [0.15, 0.2) is 0 Å². The molecule has 0 saturated carbocycles. The lowest BCUT2D eigenvalue weighted by molar-refractivity contribution is -0.137. The number of carbonyl (C=O) groups is 1. The third-order valence-electron chi connectivity index (χ3n) is 6.03. The monoisotopic (exact) mass is 434 g/mol. The van der Waals surface area contributed by atoms with E-state index >= 15 is 0 Å². The summed E-state index contributed by atoms with van der Waals surface area (Å²) in [7, 11) is 1.57. The molecule has 2 N–H and O–H groups in total. The summed E-state index contributed by atoms with van der Waals surface area (Å²) in [6.45, 7) is 1.04. The highest BCUT2D eigenvalue weighted by atomic mass is 16.5. The molecule has 1 unspecified atom stereocenters. The van der Waals surface area contributed by atoms with E-state index in [1.165, 1.54) is 29.7 Å². The highest BCUT2D eigenvalue weighted by molar-refractivity contribution is 5.68. The molecular weight excluding hydrogens is 404 g/mol. The van der Waals surface area contributed by atoms with Crippen molar-refractivity contribution in [2.45, 2.75) is 51.0 Å². The molecule has 32 heavy (non-hydrogen) atoms. The average Bonchev–Trinajstić information content (AvgIpc) is 3.13. The highest BCUT2D eigenvalue weighted by Crippen LogP contribution is 2.27. The van der Waals surface area contributed by atoms with Crippen LogP contribution in [-0.4, -0.2) is 39.5 Å². The molecule has 2 aromatic heterocycles. The van der Waals surface area contributed by atoms with Gasteiger partial charge in [-0.05, 0) is 73.4 Å². The molecule has 1 aliphatic rings. The largest absolute Gasteiger partial charge is 0.495 e. The summed E-state index contributed by atoms with van der Waals surface area (Å²) in [6, 6.07) is 10.1. The number of pyridine rings is 1. The summed E-state index contributed by atoms with van der Waals surface area (Å²) in [5.74, 6) is -0.278. The van der Waals surface area contributed by atoms with E-state index in [2.05, 4.69) is 33.6 Å². The summed E-state index contributed by atoms with van der Waals surface area (Å²) in [5, 5.41) is 17.5. The van der Waals surface area contributed by atoms with Crippen LogP contribution in [0.5, 0.6) is 5.75 Å². The van der Waals surface area contributed by atoms with Crippen LogP contribution in [-0.2, 0) is 24.1 Å². The number of nitrogens with zero attached hydrogens (tertiary/aromatic N) is 3. The Morgan fingerprint density at radius 1 is 1.22 bits per heavy atom. The number of ether oxygens (including phenoxy) is 1. The van der Waals surface area contributed by atoms with Crippen LogP contribution in [0.2, 0.25) is 0 Å². The van der Waals surface area contributed by atoms with Gasteiger partial charge in [-0.1, -0.05) is 12.1 Å². The van der Waals surface area contributed by atoms with Crippen LogP contribution in [0.4, 0.5) is 5.69 Å². The molecular formula is C25H30N4O3. The Bertz CT molecular complexity index is 1060. The summed E-state index contributed by atoms with van der Waals surface area (Å²) < 4.78 is 7.10. The van der Waals surface area contributed by atoms with Gasteiger partial charge in [-0.3, -0.25) is 14.5 Å². The predicted molar refractivity (Wildman–Crippen MR) is 123 cm³/mol. The number of nitrogens with one attached hydrogen (secondary N) is 1. The number of aryl methyl sites for hydroxylation is 3. The number of hydrogen-bond acceptors (Lipinski definition) is 5. The molecule has 4 rings (SSSR count). The molecule has 1 atom stereocenters. The minimum atomic E-state index is -0.878. The van der Waals surface area contributed by atoms with Gasteiger partial charge in [0.25, 0.3) is 0 Å². The lowest BCUT2D eigenvalue weighted by Gasteiger charge is -2.19. The summed E-state index contributed by atoms with van der Waals surface area (Å²) in [5.41, 5.74) is 5.80. The lowest BCUT2D eigenvalue weighted by Crippen LogP contribution is -2.19. The van der Waals surface area contributed by atoms with Crippen LogP contribution in [0.1, 0.15) is 54.1 Å². The van der Waals surface area contributed by atoms with Crippen molar-refractivity contribution in [3.8, 4) is 5.75 Å². The number of methoxy groups -OCH3 is 1. The third kappa shape index (κ3) is 5.28. The molecule has 0 fully saturated rings. The number of hydrogen-bond donors (Lipinski definition) is 2. The molecule has 0 aliphatic carbocycles. The number of fused-ring (bicyclic) bond motifs is 1. The first-order valence-electron chi connectivity index (χ1n) is 11.2. The molecule has 7 nitrogen and oxygen atoms in total. The maximum atomic E-state index is 11.6. The van der Waals surface area contributed by atoms with Crippen LogP contribution in [0.25, 0.3) is 0 Å². The highest BCUT2D eigenvalue weighted by Gasteiger charge is 2.21. The van der Waals surface area contributed by atoms with Crippen LogP contribution < -0.4 is 10.1 Å². The van der Waals surface area contributed by atoms with Crippen molar-refractivity contribution in [1.82, 2.24) is 14.8 Å². The van der Waals surface area contributed by atoms with Crippen molar-refractivity contribution in [2.75, 3.05) is 19.0 Å². The van der Waals surface area contributed by atoms with E-state index in [4.69, 9.17) is 4.74 Å². The van der Waals surface area contributed by atoms with Gasteiger partial charge in [0.2, 0.25) is 0 Å². The lowest BCUT2D eigenvalue weighted by atomic mass is 10.0. The normalized spacial score (nSPS) is 14.2. The zero-order valence-corrected chi connectivity index (χ0v) is 18.5. The minimum absolute atomic E-state index is 0.0694. The molecule has 7 heteroatoms.